The molecule has 0 amide bonds. The Morgan fingerprint density at radius 3 is 2.67 bits per heavy atom. The van der Waals surface area contributed by atoms with Crippen molar-refractivity contribution in [2.75, 3.05) is 26.8 Å². The van der Waals surface area contributed by atoms with Gasteiger partial charge in [-0.15, -0.1) is 24.0 Å². The SMILES string of the molecule is CN=C(NCCCOCC1CC1)NCc1noc(C(C)(C)C)n1.I. The summed E-state index contributed by atoms with van der Waals surface area (Å²) < 4.78 is 10.9. The molecule has 138 valence electrons. The highest BCUT2D eigenvalue weighted by molar-refractivity contribution is 14.0. The monoisotopic (exact) mass is 451 g/mol. The first-order valence-electron chi connectivity index (χ1n) is 8.34. The number of hydrogen-bond donors (Lipinski definition) is 2. The number of rotatable bonds is 8. The Hall–Kier alpha value is -0.900. The number of halogens is 1. The van der Waals surface area contributed by atoms with E-state index in [0.29, 0.717) is 18.3 Å². The summed E-state index contributed by atoms with van der Waals surface area (Å²) >= 11 is 0. The smallest absolute Gasteiger partial charge is 0.232 e. The molecule has 0 radical (unpaired) electrons. The normalized spacial score (nSPS) is 15.1. The van der Waals surface area contributed by atoms with Gasteiger partial charge in [0.05, 0.1) is 6.54 Å². The van der Waals surface area contributed by atoms with E-state index in [9.17, 15) is 0 Å². The van der Waals surface area contributed by atoms with Crippen molar-refractivity contribution < 1.29 is 9.26 Å². The second-order valence-electron chi connectivity index (χ2n) is 6.99. The predicted molar refractivity (Wildman–Crippen MR) is 105 cm³/mol. The standard InChI is InChI=1S/C16H29N5O2.HI/c1-16(2,3)14-20-13(21-23-14)10-19-15(17-4)18-8-5-9-22-11-12-6-7-12;/h12H,5-11H2,1-4H3,(H2,17,18,19);1H. The molecule has 1 saturated carbocycles. The van der Waals surface area contributed by atoms with Crippen molar-refractivity contribution in [3.05, 3.63) is 11.7 Å². The maximum atomic E-state index is 5.60. The molecule has 0 saturated heterocycles. The third kappa shape index (κ3) is 7.78. The average Bonchev–Trinajstić information content (AvgIpc) is 3.19. The summed E-state index contributed by atoms with van der Waals surface area (Å²) in [4.78, 5) is 8.57. The summed E-state index contributed by atoms with van der Waals surface area (Å²) in [6.45, 7) is 9.15. The molecular weight excluding hydrogens is 421 g/mol. The number of guanidine groups is 1. The Balaban J connectivity index is 0.00000288. The highest BCUT2D eigenvalue weighted by Gasteiger charge is 2.22. The third-order valence-corrected chi connectivity index (χ3v) is 3.56. The molecule has 0 atom stereocenters. The van der Waals surface area contributed by atoms with Crippen molar-refractivity contribution in [3.8, 4) is 0 Å². The van der Waals surface area contributed by atoms with Crippen LogP contribution in [0, 0.1) is 5.92 Å². The van der Waals surface area contributed by atoms with Crippen LogP contribution in [0.4, 0.5) is 0 Å². The van der Waals surface area contributed by atoms with E-state index in [4.69, 9.17) is 9.26 Å². The Kier molecular flexibility index (Phi) is 8.96. The van der Waals surface area contributed by atoms with Gasteiger partial charge in [0, 0.05) is 32.2 Å². The molecule has 1 aromatic rings. The number of hydrogen-bond acceptors (Lipinski definition) is 5. The first-order valence-corrected chi connectivity index (χ1v) is 8.34. The van der Waals surface area contributed by atoms with Crippen molar-refractivity contribution in [2.24, 2.45) is 10.9 Å². The van der Waals surface area contributed by atoms with Gasteiger partial charge in [0.25, 0.3) is 0 Å². The summed E-state index contributed by atoms with van der Waals surface area (Å²) in [5.74, 6) is 2.83. The Labute approximate surface area is 161 Å². The molecule has 0 unspecified atom stereocenters. The van der Waals surface area contributed by atoms with Gasteiger partial charge in [0.1, 0.15) is 0 Å². The van der Waals surface area contributed by atoms with Crippen molar-refractivity contribution in [3.63, 3.8) is 0 Å². The van der Waals surface area contributed by atoms with Crippen molar-refractivity contribution in [1.29, 1.82) is 0 Å². The molecular formula is C16H30IN5O2. The molecule has 1 heterocycles. The number of nitrogens with zero attached hydrogens (tertiary/aromatic N) is 3. The lowest BCUT2D eigenvalue weighted by molar-refractivity contribution is 0.123. The molecule has 1 fully saturated rings. The summed E-state index contributed by atoms with van der Waals surface area (Å²) in [7, 11) is 1.75. The van der Waals surface area contributed by atoms with Gasteiger partial charge in [0.15, 0.2) is 11.8 Å². The van der Waals surface area contributed by atoms with E-state index in [-0.39, 0.29) is 29.4 Å². The molecule has 2 rings (SSSR count). The van der Waals surface area contributed by atoms with E-state index in [1.807, 2.05) is 20.8 Å². The molecule has 24 heavy (non-hydrogen) atoms. The molecule has 0 aliphatic heterocycles. The van der Waals surface area contributed by atoms with E-state index in [0.717, 1.165) is 38.1 Å². The van der Waals surface area contributed by atoms with Gasteiger partial charge in [-0.2, -0.15) is 4.98 Å². The molecule has 1 aromatic heterocycles. The van der Waals surface area contributed by atoms with Gasteiger partial charge in [-0.3, -0.25) is 4.99 Å². The summed E-state index contributed by atoms with van der Waals surface area (Å²) in [6, 6.07) is 0. The minimum Gasteiger partial charge on any atom is -0.381 e. The van der Waals surface area contributed by atoms with E-state index < -0.39 is 0 Å². The lowest BCUT2D eigenvalue weighted by Crippen LogP contribution is -2.37. The van der Waals surface area contributed by atoms with E-state index >= 15 is 0 Å². The fraction of sp³-hybridized carbons (Fsp3) is 0.812. The Bertz CT molecular complexity index is 509. The zero-order chi connectivity index (χ0) is 16.7. The highest BCUT2D eigenvalue weighted by Crippen LogP contribution is 2.28. The summed E-state index contributed by atoms with van der Waals surface area (Å²) in [6.07, 6.45) is 3.63. The van der Waals surface area contributed by atoms with E-state index in [1.165, 1.54) is 12.8 Å². The van der Waals surface area contributed by atoms with Gasteiger partial charge >= 0.3 is 0 Å². The number of nitrogens with one attached hydrogen (secondary N) is 2. The Morgan fingerprint density at radius 1 is 1.33 bits per heavy atom. The van der Waals surface area contributed by atoms with Crippen LogP contribution in [0.3, 0.4) is 0 Å². The maximum absolute atomic E-state index is 5.60. The highest BCUT2D eigenvalue weighted by atomic mass is 127. The lowest BCUT2D eigenvalue weighted by atomic mass is 9.97. The molecule has 8 heteroatoms. The first-order chi connectivity index (χ1) is 11.0. The fourth-order valence-corrected chi connectivity index (χ4v) is 1.93. The van der Waals surface area contributed by atoms with Gasteiger partial charge in [-0.05, 0) is 25.2 Å². The zero-order valence-corrected chi connectivity index (χ0v) is 17.4. The second-order valence-corrected chi connectivity index (χ2v) is 6.99. The van der Waals surface area contributed by atoms with Gasteiger partial charge in [-0.1, -0.05) is 25.9 Å². The molecule has 0 aromatic carbocycles. The fourth-order valence-electron chi connectivity index (χ4n) is 1.93. The van der Waals surface area contributed by atoms with Crippen LogP contribution in [-0.4, -0.2) is 42.9 Å². The van der Waals surface area contributed by atoms with Gasteiger partial charge in [-0.25, -0.2) is 0 Å². The quantitative estimate of drug-likeness (QED) is 0.274. The van der Waals surface area contributed by atoms with Gasteiger partial charge < -0.3 is 19.9 Å². The van der Waals surface area contributed by atoms with E-state index in [1.54, 1.807) is 7.05 Å². The number of aliphatic imine (C=N–C) groups is 1. The summed E-state index contributed by atoms with van der Waals surface area (Å²) in [5, 5.41) is 10.4. The number of ether oxygens (including phenoxy) is 1. The minimum atomic E-state index is -0.133. The maximum Gasteiger partial charge on any atom is 0.232 e. The van der Waals surface area contributed by atoms with Crippen LogP contribution < -0.4 is 10.6 Å². The molecule has 0 spiro atoms. The first kappa shape index (κ1) is 21.1. The van der Waals surface area contributed by atoms with Crippen LogP contribution in [0.15, 0.2) is 9.52 Å². The molecule has 0 bridgehead atoms. The third-order valence-electron chi connectivity index (χ3n) is 3.56. The lowest BCUT2D eigenvalue weighted by Gasteiger charge is -2.11. The zero-order valence-electron chi connectivity index (χ0n) is 15.1. The number of aromatic nitrogens is 2. The van der Waals surface area contributed by atoms with Crippen LogP contribution in [0.25, 0.3) is 0 Å². The van der Waals surface area contributed by atoms with Crippen LogP contribution in [0.2, 0.25) is 0 Å². The minimum absolute atomic E-state index is 0. The van der Waals surface area contributed by atoms with E-state index in [2.05, 4.69) is 25.8 Å². The van der Waals surface area contributed by atoms with Crippen molar-refractivity contribution in [2.45, 2.75) is 52.0 Å². The predicted octanol–water partition coefficient (Wildman–Crippen LogP) is 2.47. The largest absolute Gasteiger partial charge is 0.381 e. The van der Waals surface area contributed by atoms with Crippen molar-refractivity contribution in [1.82, 2.24) is 20.8 Å². The van der Waals surface area contributed by atoms with Crippen LogP contribution in [0.1, 0.15) is 51.7 Å². The topological polar surface area (TPSA) is 84.6 Å². The van der Waals surface area contributed by atoms with Crippen LogP contribution >= 0.6 is 24.0 Å². The average molecular weight is 451 g/mol. The molecule has 7 nitrogen and oxygen atoms in total. The molecule has 1 aliphatic carbocycles. The molecule has 1 aliphatic rings. The van der Waals surface area contributed by atoms with Crippen LogP contribution in [-0.2, 0) is 16.7 Å². The van der Waals surface area contributed by atoms with Crippen molar-refractivity contribution >= 4 is 29.9 Å². The van der Waals surface area contributed by atoms with Gasteiger partial charge in [0.2, 0.25) is 5.89 Å². The Morgan fingerprint density at radius 2 is 2.08 bits per heavy atom. The molecule has 2 N–H and O–H groups in total. The van der Waals surface area contributed by atoms with Crippen LogP contribution in [0.5, 0.6) is 0 Å². The second kappa shape index (κ2) is 10.2. The summed E-state index contributed by atoms with van der Waals surface area (Å²) in [5.41, 5.74) is -0.133.